The van der Waals surface area contributed by atoms with Gasteiger partial charge in [-0.15, -0.1) is 11.3 Å². The van der Waals surface area contributed by atoms with E-state index in [1.165, 1.54) is 17.6 Å². The molecule has 22 heavy (non-hydrogen) atoms. The van der Waals surface area contributed by atoms with Gasteiger partial charge in [-0.2, -0.15) is 0 Å². The first-order chi connectivity index (χ1) is 10.1. The van der Waals surface area contributed by atoms with Crippen LogP contribution in [-0.4, -0.2) is 38.2 Å². The van der Waals surface area contributed by atoms with Gasteiger partial charge in [0.1, 0.15) is 0 Å². The molecule has 0 saturated carbocycles. The number of hydrogen-bond acceptors (Lipinski definition) is 6. The summed E-state index contributed by atoms with van der Waals surface area (Å²) >= 11 is 1.50. The van der Waals surface area contributed by atoms with E-state index in [0.29, 0.717) is 18.9 Å². The molecule has 1 aliphatic rings. The summed E-state index contributed by atoms with van der Waals surface area (Å²) in [4.78, 5) is 3.99. The summed E-state index contributed by atoms with van der Waals surface area (Å²) in [5.41, 5.74) is 1.09. The standard InChI is InChI=1S/C15H23NO4S2/c1-10(2)19-7-6-13-16-15(4,22(5,17)18)14(20-13)12-8-11(3)9-21-12/h8-10,14H,6-7H2,1-5H3/t14-,15-/m1/s1. The maximum Gasteiger partial charge on any atom is 0.203 e. The number of hydrogen-bond donors (Lipinski definition) is 0. The highest BCUT2D eigenvalue weighted by molar-refractivity contribution is 7.92. The van der Waals surface area contributed by atoms with Crippen molar-refractivity contribution < 1.29 is 17.9 Å². The van der Waals surface area contributed by atoms with Gasteiger partial charge in [0.25, 0.3) is 0 Å². The molecule has 1 aromatic heterocycles. The third-order valence-electron chi connectivity index (χ3n) is 3.61. The van der Waals surface area contributed by atoms with Crippen molar-refractivity contribution in [3.8, 4) is 0 Å². The lowest BCUT2D eigenvalue weighted by Crippen LogP contribution is -2.36. The fourth-order valence-corrected chi connectivity index (χ4v) is 4.22. The molecule has 0 N–H and O–H groups in total. The van der Waals surface area contributed by atoms with Crippen LogP contribution in [0.15, 0.2) is 16.4 Å². The summed E-state index contributed by atoms with van der Waals surface area (Å²) in [5.74, 6) is 0.449. The van der Waals surface area contributed by atoms with Crippen LogP contribution in [0.4, 0.5) is 0 Å². The van der Waals surface area contributed by atoms with Crippen LogP contribution < -0.4 is 0 Å². The van der Waals surface area contributed by atoms with Crippen molar-refractivity contribution in [3.63, 3.8) is 0 Å². The first-order valence-electron chi connectivity index (χ1n) is 7.25. The molecular weight excluding hydrogens is 322 g/mol. The molecule has 2 atom stereocenters. The molecule has 0 spiro atoms. The maximum absolute atomic E-state index is 12.3. The van der Waals surface area contributed by atoms with E-state index in [9.17, 15) is 8.42 Å². The fraction of sp³-hybridized carbons (Fsp3) is 0.667. The Morgan fingerprint density at radius 2 is 2.18 bits per heavy atom. The summed E-state index contributed by atoms with van der Waals surface area (Å²) in [5, 5.41) is 1.99. The predicted molar refractivity (Wildman–Crippen MR) is 89.3 cm³/mol. The van der Waals surface area contributed by atoms with Crippen molar-refractivity contribution in [3.05, 3.63) is 21.9 Å². The SMILES string of the molecule is Cc1csc([C@H]2OC(CCOC(C)C)=N[C@]2(C)S(C)(=O)=O)c1. The number of sulfone groups is 1. The summed E-state index contributed by atoms with van der Waals surface area (Å²) in [6.45, 7) is 7.97. The average molecular weight is 345 g/mol. The number of aliphatic imine (C=N–C) groups is 1. The Morgan fingerprint density at radius 1 is 1.50 bits per heavy atom. The fourth-order valence-electron chi connectivity index (χ4n) is 2.27. The second-order valence-corrected chi connectivity index (χ2v) is 9.34. The average Bonchev–Trinajstić information content (AvgIpc) is 2.93. The molecule has 0 bridgehead atoms. The van der Waals surface area contributed by atoms with Crippen LogP contribution in [0.2, 0.25) is 0 Å². The van der Waals surface area contributed by atoms with E-state index in [1.54, 1.807) is 6.92 Å². The molecule has 1 aromatic rings. The highest BCUT2D eigenvalue weighted by Crippen LogP contribution is 2.44. The molecule has 2 heterocycles. The minimum atomic E-state index is -3.41. The first kappa shape index (κ1) is 17.4. The van der Waals surface area contributed by atoms with Gasteiger partial charge >= 0.3 is 0 Å². The number of aryl methyl sites for hydroxylation is 1. The minimum Gasteiger partial charge on any atom is -0.468 e. The molecule has 7 heteroatoms. The molecule has 0 aromatic carbocycles. The Labute approximate surface area is 136 Å². The molecule has 1 aliphatic heterocycles. The second kappa shape index (κ2) is 6.29. The van der Waals surface area contributed by atoms with Gasteiger partial charge in [-0.25, -0.2) is 13.4 Å². The zero-order chi connectivity index (χ0) is 16.5. The predicted octanol–water partition coefficient (Wildman–Crippen LogP) is 3.10. The van der Waals surface area contributed by atoms with Gasteiger partial charge in [0.15, 0.2) is 21.8 Å². The van der Waals surface area contributed by atoms with Crippen LogP contribution >= 0.6 is 11.3 Å². The topological polar surface area (TPSA) is 65.0 Å². The van der Waals surface area contributed by atoms with Gasteiger partial charge in [-0.05, 0) is 44.7 Å². The van der Waals surface area contributed by atoms with Crippen LogP contribution in [0, 0.1) is 6.92 Å². The Bertz CT molecular complexity index is 663. The van der Waals surface area contributed by atoms with E-state index in [0.717, 1.165) is 10.4 Å². The largest absolute Gasteiger partial charge is 0.468 e. The van der Waals surface area contributed by atoms with Gasteiger partial charge in [0.2, 0.25) is 4.87 Å². The molecular formula is C15H23NO4S2. The van der Waals surface area contributed by atoms with Crippen LogP contribution in [-0.2, 0) is 19.3 Å². The van der Waals surface area contributed by atoms with Crippen molar-refractivity contribution in [1.29, 1.82) is 0 Å². The lowest BCUT2D eigenvalue weighted by molar-refractivity contribution is 0.0800. The molecule has 0 fully saturated rings. The number of nitrogens with zero attached hydrogens (tertiary/aromatic N) is 1. The third-order valence-corrected chi connectivity index (χ3v) is 6.51. The van der Waals surface area contributed by atoms with Crippen molar-refractivity contribution in [2.45, 2.75) is 51.2 Å². The van der Waals surface area contributed by atoms with E-state index >= 15 is 0 Å². The smallest absolute Gasteiger partial charge is 0.203 e. The van der Waals surface area contributed by atoms with Crippen LogP contribution in [0.25, 0.3) is 0 Å². The van der Waals surface area contributed by atoms with Crippen molar-refractivity contribution in [2.24, 2.45) is 4.99 Å². The number of rotatable bonds is 6. The van der Waals surface area contributed by atoms with E-state index in [2.05, 4.69) is 4.99 Å². The highest BCUT2D eigenvalue weighted by atomic mass is 32.2. The monoisotopic (exact) mass is 345 g/mol. The lowest BCUT2D eigenvalue weighted by Gasteiger charge is -2.24. The Hall–Kier alpha value is -0.920. The summed E-state index contributed by atoms with van der Waals surface area (Å²) in [7, 11) is -3.41. The molecule has 0 radical (unpaired) electrons. The quantitative estimate of drug-likeness (QED) is 0.795. The van der Waals surface area contributed by atoms with Gasteiger partial charge < -0.3 is 9.47 Å². The summed E-state index contributed by atoms with van der Waals surface area (Å²) < 4.78 is 35.9. The third kappa shape index (κ3) is 3.52. The molecule has 0 aliphatic carbocycles. The molecule has 0 unspecified atom stereocenters. The van der Waals surface area contributed by atoms with Crippen LogP contribution in [0.1, 0.15) is 43.7 Å². The number of ether oxygens (including phenoxy) is 2. The van der Waals surface area contributed by atoms with Crippen molar-refractivity contribution >= 4 is 27.1 Å². The molecule has 5 nitrogen and oxygen atoms in total. The lowest BCUT2D eigenvalue weighted by atomic mass is 10.1. The first-order valence-corrected chi connectivity index (χ1v) is 10.0. The van der Waals surface area contributed by atoms with E-state index in [4.69, 9.17) is 9.47 Å². The Balaban J connectivity index is 2.25. The van der Waals surface area contributed by atoms with Crippen molar-refractivity contribution in [1.82, 2.24) is 0 Å². The molecule has 0 amide bonds. The van der Waals surface area contributed by atoms with Gasteiger partial charge in [0.05, 0.1) is 12.7 Å². The molecule has 2 rings (SSSR count). The molecule has 0 saturated heterocycles. The van der Waals surface area contributed by atoms with E-state index in [1.807, 2.05) is 32.2 Å². The highest BCUT2D eigenvalue weighted by Gasteiger charge is 2.51. The van der Waals surface area contributed by atoms with Crippen LogP contribution in [0.5, 0.6) is 0 Å². The molecule has 124 valence electrons. The van der Waals surface area contributed by atoms with Gasteiger partial charge in [-0.3, -0.25) is 0 Å². The van der Waals surface area contributed by atoms with Gasteiger partial charge in [-0.1, -0.05) is 0 Å². The van der Waals surface area contributed by atoms with Crippen molar-refractivity contribution in [2.75, 3.05) is 12.9 Å². The normalized spacial score (nSPS) is 25.4. The Morgan fingerprint density at radius 3 is 2.68 bits per heavy atom. The number of thiophene rings is 1. The summed E-state index contributed by atoms with van der Waals surface area (Å²) in [6, 6.07) is 1.96. The zero-order valence-corrected chi connectivity index (χ0v) is 15.3. The zero-order valence-electron chi connectivity index (χ0n) is 13.6. The van der Waals surface area contributed by atoms with Crippen LogP contribution in [0.3, 0.4) is 0 Å². The Kier molecular flexibility index (Phi) is 4.99. The minimum absolute atomic E-state index is 0.124. The van der Waals surface area contributed by atoms with Gasteiger partial charge in [0, 0.05) is 17.6 Å². The second-order valence-electron chi connectivity index (χ2n) is 6.03. The maximum atomic E-state index is 12.3. The van der Waals surface area contributed by atoms with E-state index < -0.39 is 20.8 Å². The van der Waals surface area contributed by atoms with E-state index in [-0.39, 0.29) is 6.10 Å². The summed E-state index contributed by atoms with van der Waals surface area (Å²) in [6.07, 6.45) is 1.22.